The van der Waals surface area contributed by atoms with E-state index in [0.717, 1.165) is 40.8 Å². The summed E-state index contributed by atoms with van der Waals surface area (Å²) in [6.07, 6.45) is 4.38. The minimum atomic E-state index is -0.0413. The Morgan fingerprint density at radius 1 is 1.21 bits per heavy atom. The van der Waals surface area contributed by atoms with Gasteiger partial charge in [0, 0.05) is 29.4 Å². The number of carbonyl (C=O) groups excluding carboxylic acids is 1. The van der Waals surface area contributed by atoms with E-state index in [2.05, 4.69) is 48.0 Å². The Balaban J connectivity index is 1.64. The number of amides is 1. The molecule has 4 heteroatoms. The molecule has 0 bridgehead atoms. The van der Waals surface area contributed by atoms with E-state index >= 15 is 0 Å². The molecule has 1 aliphatic rings. The molecule has 28 heavy (non-hydrogen) atoms. The summed E-state index contributed by atoms with van der Waals surface area (Å²) in [6.45, 7) is 10.4. The van der Waals surface area contributed by atoms with Gasteiger partial charge in [-0.1, -0.05) is 37.3 Å². The Morgan fingerprint density at radius 2 is 1.89 bits per heavy atom. The van der Waals surface area contributed by atoms with E-state index in [1.54, 1.807) is 11.8 Å². The minimum Gasteiger partial charge on any atom is -0.372 e. The Hall–Kier alpha value is -2.20. The molecular weight excluding hydrogens is 364 g/mol. The first-order chi connectivity index (χ1) is 13.6. The number of carbonyl (C=O) groups is 1. The van der Waals surface area contributed by atoms with Crippen molar-refractivity contribution in [3.63, 3.8) is 0 Å². The standard InChI is InChI=1S/C24H30N2OS/c1-4-17-28-23-8-6-5-7-22(23)24(27)25-19(3)20-9-11-21(12-10-20)26-15-13-18(2)14-16-26/h4-12,18-19H,1,13-17H2,2-3H3,(H,25,27). The Morgan fingerprint density at radius 3 is 2.57 bits per heavy atom. The molecule has 1 saturated heterocycles. The molecule has 148 valence electrons. The van der Waals surface area contributed by atoms with Gasteiger partial charge in [-0.15, -0.1) is 18.3 Å². The predicted molar refractivity (Wildman–Crippen MR) is 120 cm³/mol. The molecule has 3 nitrogen and oxygen atoms in total. The van der Waals surface area contributed by atoms with Crippen molar-refractivity contribution in [2.24, 2.45) is 5.92 Å². The summed E-state index contributed by atoms with van der Waals surface area (Å²) in [5.74, 6) is 1.59. The number of thioether (sulfide) groups is 1. The van der Waals surface area contributed by atoms with Gasteiger partial charge >= 0.3 is 0 Å². The first kappa shape index (κ1) is 20.5. The van der Waals surface area contributed by atoms with Crippen LogP contribution in [0.1, 0.15) is 48.7 Å². The third kappa shape index (κ3) is 5.20. The number of hydrogen-bond donors (Lipinski definition) is 1. The van der Waals surface area contributed by atoms with Gasteiger partial charge in [0.15, 0.2) is 0 Å². The second-order valence-corrected chi connectivity index (χ2v) is 8.61. The van der Waals surface area contributed by atoms with Crippen molar-refractivity contribution < 1.29 is 4.79 Å². The highest BCUT2D eigenvalue weighted by Crippen LogP contribution is 2.26. The van der Waals surface area contributed by atoms with Gasteiger partial charge < -0.3 is 10.2 Å². The van der Waals surface area contributed by atoms with Crippen LogP contribution in [0.15, 0.2) is 66.1 Å². The number of benzene rings is 2. The van der Waals surface area contributed by atoms with Crippen molar-refractivity contribution >= 4 is 23.4 Å². The van der Waals surface area contributed by atoms with E-state index in [-0.39, 0.29) is 11.9 Å². The number of rotatable bonds is 7. The average Bonchev–Trinajstić information content (AvgIpc) is 2.73. The number of anilines is 1. The van der Waals surface area contributed by atoms with Gasteiger partial charge in [-0.2, -0.15) is 0 Å². The summed E-state index contributed by atoms with van der Waals surface area (Å²) in [4.78, 5) is 16.2. The van der Waals surface area contributed by atoms with Gasteiger partial charge in [-0.3, -0.25) is 4.79 Å². The van der Waals surface area contributed by atoms with Crippen LogP contribution >= 0.6 is 11.8 Å². The van der Waals surface area contributed by atoms with Crippen LogP contribution in [0, 0.1) is 5.92 Å². The molecular formula is C24H30N2OS. The lowest BCUT2D eigenvalue weighted by molar-refractivity contribution is 0.0937. The van der Waals surface area contributed by atoms with E-state index in [4.69, 9.17) is 0 Å². The monoisotopic (exact) mass is 394 g/mol. The molecule has 1 unspecified atom stereocenters. The van der Waals surface area contributed by atoms with E-state index in [0.29, 0.717) is 0 Å². The van der Waals surface area contributed by atoms with Crippen molar-refractivity contribution in [3.8, 4) is 0 Å². The van der Waals surface area contributed by atoms with Crippen LogP contribution in [0.2, 0.25) is 0 Å². The first-order valence-corrected chi connectivity index (χ1v) is 11.1. The molecule has 0 aromatic heterocycles. The van der Waals surface area contributed by atoms with E-state index in [9.17, 15) is 4.79 Å². The maximum absolute atomic E-state index is 12.8. The fraction of sp³-hybridized carbons (Fsp3) is 0.375. The Kier molecular flexibility index (Phi) is 7.21. The summed E-state index contributed by atoms with van der Waals surface area (Å²) in [7, 11) is 0. The van der Waals surface area contributed by atoms with Gasteiger partial charge in [0.2, 0.25) is 0 Å². The van der Waals surface area contributed by atoms with Gasteiger partial charge in [0.05, 0.1) is 11.6 Å². The number of nitrogens with zero attached hydrogens (tertiary/aromatic N) is 1. The third-order valence-electron chi connectivity index (χ3n) is 5.38. The van der Waals surface area contributed by atoms with Crippen molar-refractivity contribution in [1.29, 1.82) is 0 Å². The summed E-state index contributed by atoms with van der Waals surface area (Å²) >= 11 is 1.63. The summed E-state index contributed by atoms with van der Waals surface area (Å²) in [5.41, 5.74) is 3.12. The highest BCUT2D eigenvalue weighted by molar-refractivity contribution is 7.99. The fourth-order valence-electron chi connectivity index (χ4n) is 3.53. The van der Waals surface area contributed by atoms with Gasteiger partial charge in [0.25, 0.3) is 5.91 Å². The second-order valence-electron chi connectivity index (χ2n) is 7.55. The smallest absolute Gasteiger partial charge is 0.252 e. The Bertz CT molecular complexity index is 795. The topological polar surface area (TPSA) is 32.3 Å². The molecule has 1 N–H and O–H groups in total. The molecule has 1 amide bonds. The third-order valence-corrected chi connectivity index (χ3v) is 6.45. The normalized spacial score (nSPS) is 15.9. The zero-order valence-electron chi connectivity index (χ0n) is 16.9. The molecule has 1 heterocycles. The maximum atomic E-state index is 12.8. The SMILES string of the molecule is C=CCSc1ccccc1C(=O)NC(C)c1ccc(N2CCC(C)CC2)cc1. The molecule has 1 fully saturated rings. The molecule has 2 aromatic rings. The van der Waals surface area contributed by atoms with E-state index in [1.807, 2.05) is 37.3 Å². The van der Waals surface area contributed by atoms with Crippen LogP contribution in [0.3, 0.4) is 0 Å². The molecule has 0 spiro atoms. The molecule has 3 rings (SSSR count). The molecule has 0 saturated carbocycles. The molecule has 0 aliphatic carbocycles. The van der Waals surface area contributed by atoms with Gasteiger partial charge in [0.1, 0.15) is 0 Å². The predicted octanol–water partition coefficient (Wildman–Crippen LogP) is 5.69. The minimum absolute atomic E-state index is 0.0336. The van der Waals surface area contributed by atoms with Crippen LogP contribution in [0.4, 0.5) is 5.69 Å². The summed E-state index contributed by atoms with van der Waals surface area (Å²) in [6, 6.07) is 16.3. The van der Waals surface area contributed by atoms with Crippen molar-refractivity contribution in [1.82, 2.24) is 5.32 Å². The zero-order valence-corrected chi connectivity index (χ0v) is 17.7. The number of nitrogens with one attached hydrogen (secondary N) is 1. The Labute approximate surface area is 173 Å². The van der Waals surface area contributed by atoms with E-state index < -0.39 is 0 Å². The fourth-order valence-corrected chi connectivity index (χ4v) is 4.32. The quantitative estimate of drug-likeness (QED) is 0.483. The molecule has 0 radical (unpaired) electrons. The lowest BCUT2D eigenvalue weighted by Crippen LogP contribution is -2.32. The van der Waals surface area contributed by atoms with Crippen LogP contribution in [-0.2, 0) is 0 Å². The van der Waals surface area contributed by atoms with Crippen molar-refractivity contribution in [3.05, 3.63) is 72.3 Å². The van der Waals surface area contributed by atoms with E-state index in [1.165, 1.54) is 18.5 Å². The lowest BCUT2D eigenvalue weighted by atomic mass is 9.98. The highest BCUT2D eigenvalue weighted by Gasteiger charge is 2.17. The summed E-state index contributed by atoms with van der Waals surface area (Å²) in [5, 5.41) is 3.14. The maximum Gasteiger partial charge on any atom is 0.252 e. The summed E-state index contributed by atoms with van der Waals surface area (Å²) < 4.78 is 0. The van der Waals surface area contributed by atoms with Gasteiger partial charge in [-0.05, 0) is 55.5 Å². The van der Waals surface area contributed by atoms with Crippen LogP contribution in [-0.4, -0.2) is 24.7 Å². The van der Waals surface area contributed by atoms with Crippen LogP contribution in [0.25, 0.3) is 0 Å². The zero-order chi connectivity index (χ0) is 19.9. The van der Waals surface area contributed by atoms with Crippen LogP contribution < -0.4 is 10.2 Å². The first-order valence-electron chi connectivity index (χ1n) is 10.1. The number of hydrogen-bond acceptors (Lipinski definition) is 3. The number of piperidine rings is 1. The average molecular weight is 395 g/mol. The lowest BCUT2D eigenvalue weighted by Gasteiger charge is -2.32. The molecule has 2 aromatic carbocycles. The largest absolute Gasteiger partial charge is 0.372 e. The molecule has 1 aliphatic heterocycles. The van der Waals surface area contributed by atoms with Gasteiger partial charge in [-0.25, -0.2) is 0 Å². The van der Waals surface area contributed by atoms with Crippen LogP contribution in [0.5, 0.6) is 0 Å². The van der Waals surface area contributed by atoms with Crippen molar-refractivity contribution in [2.45, 2.75) is 37.6 Å². The molecule has 1 atom stereocenters. The second kappa shape index (κ2) is 9.83. The highest BCUT2D eigenvalue weighted by atomic mass is 32.2. The van der Waals surface area contributed by atoms with Crippen molar-refractivity contribution in [2.75, 3.05) is 23.7 Å².